The molecule has 3 rings (SSSR count). The molecule has 1 aromatic heterocycles. The minimum absolute atomic E-state index is 0.621. The van der Waals surface area contributed by atoms with Crippen LogP contribution in [0, 0.1) is 11.3 Å². The van der Waals surface area contributed by atoms with E-state index < -0.39 is 0 Å². The summed E-state index contributed by atoms with van der Waals surface area (Å²) in [5.41, 5.74) is 0.627. The van der Waals surface area contributed by atoms with Gasteiger partial charge in [0.05, 0.1) is 5.56 Å². The number of hydrogen-bond donors (Lipinski definition) is 1. The van der Waals surface area contributed by atoms with Gasteiger partial charge in [0.25, 0.3) is 0 Å². The van der Waals surface area contributed by atoms with E-state index in [-0.39, 0.29) is 0 Å². The van der Waals surface area contributed by atoms with Gasteiger partial charge in [-0.2, -0.15) is 5.26 Å². The number of rotatable bonds is 1. The van der Waals surface area contributed by atoms with Gasteiger partial charge in [-0.05, 0) is 25.0 Å². The van der Waals surface area contributed by atoms with Crippen molar-refractivity contribution in [2.45, 2.75) is 24.9 Å². The average Bonchev–Trinajstić information content (AvgIpc) is 2.68. The standard InChI is InChI=1S/C12H14N4/c13-5-9-1-4-12(14-6-9)16-7-10-2-3-11(8-16)15-10/h1,4,6,10-11,15H,2-3,7-8H2. The molecule has 16 heavy (non-hydrogen) atoms. The van der Waals surface area contributed by atoms with Crippen molar-refractivity contribution in [3.05, 3.63) is 23.9 Å². The maximum absolute atomic E-state index is 8.72. The molecule has 82 valence electrons. The lowest BCUT2D eigenvalue weighted by Gasteiger charge is -2.33. The van der Waals surface area contributed by atoms with Crippen LogP contribution >= 0.6 is 0 Å². The molecule has 0 radical (unpaired) electrons. The van der Waals surface area contributed by atoms with Gasteiger partial charge >= 0.3 is 0 Å². The topological polar surface area (TPSA) is 52.0 Å². The zero-order chi connectivity index (χ0) is 11.0. The van der Waals surface area contributed by atoms with Gasteiger partial charge in [-0.3, -0.25) is 0 Å². The lowest BCUT2D eigenvalue weighted by Crippen LogP contribution is -2.51. The molecule has 0 saturated carbocycles. The quantitative estimate of drug-likeness (QED) is 0.754. The summed E-state index contributed by atoms with van der Waals surface area (Å²) < 4.78 is 0. The summed E-state index contributed by atoms with van der Waals surface area (Å²) in [7, 11) is 0. The average molecular weight is 214 g/mol. The summed E-state index contributed by atoms with van der Waals surface area (Å²) in [5, 5.41) is 12.3. The third-order valence-corrected chi connectivity index (χ3v) is 3.42. The van der Waals surface area contributed by atoms with Crippen molar-refractivity contribution in [1.82, 2.24) is 10.3 Å². The van der Waals surface area contributed by atoms with Crippen LogP contribution in [-0.4, -0.2) is 30.2 Å². The van der Waals surface area contributed by atoms with Gasteiger partial charge in [0.1, 0.15) is 11.9 Å². The Labute approximate surface area is 94.9 Å². The first-order valence-corrected chi connectivity index (χ1v) is 5.72. The van der Waals surface area contributed by atoms with Crippen LogP contribution in [0.3, 0.4) is 0 Å². The van der Waals surface area contributed by atoms with Crippen molar-refractivity contribution in [3.8, 4) is 6.07 Å². The second kappa shape index (κ2) is 3.76. The van der Waals surface area contributed by atoms with Crippen molar-refractivity contribution in [2.75, 3.05) is 18.0 Å². The highest BCUT2D eigenvalue weighted by molar-refractivity contribution is 5.43. The number of anilines is 1. The van der Waals surface area contributed by atoms with E-state index in [1.54, 1.807) is 6.20 Å². The van der Waals surface area contributed by atoms with E-state index >= 15 is 0 Å². The zero-order valence-corrected chi connectivity index (χ0v) is 9.06. The van der Waals surface area contributed by atoms with Crippen LogP contribution in [0.4, 0.5) is 5.82 Å². The van der Waals surface area contributed by atoms with Crippen molar-refractivity contribution in [3.63, 3.8) is 0 Å². The lowest BCUT2D eigenvalue weighted by atomic mass is 10.2. The van der Waals surface area contributed by atoms with E-state index in [2.05, 4.69) is 21.3 Å². The molecule has 2 bridgehead atoms. The van der Waals surface area contributed by atoms with Crippen molar-refractivity contribution in [1.29, 1.82) is 5.26 Å². The summed E-state index contributed by atoms with van der Waals surface area (Å²) in [6, 6.07) is 7.12. The minimum Gasteiger partial charge on any atom is -0.353 e. The molecule has 0 aromatic carbocycles. The zero-order valence-electron chi connectivity index (χ0n) is 9.06. The Morgan fingerprint density at radius 2 is 2.06 bits per heavy atom. The molecule has 2 fully saturated rings. The van der Waals surface area contributed by atoms with Gasteiger partial charge in [0.2, 0.25) is 0 Å². The fourth-order valence-corrected chi connectivity index (χ4v) is 2.62. The number of hydrogen-bond acceptors (Lipinski definition) is 4. The Balaban J connectivity index is 1.79. The van der Waals surface area contributed by atoms with Gasteiger partial charge in [-0.15, -0.1) is 0 Å². The summed E-state index contributed by atoms with van der Waals surface area (Å²) in [5.74, 6) is 0.998. The molecule has 2 atom stereocenters. The summed E-state index contributed by atoms with van der Waals surface area (Å²) in [4.78, 5) is 6.66. The molecule has 4 nitrogen and oxygen atoms in total. The Morgan fingerprint density at radius 1 is 1.31 bits per heavy atom. The van der Waals surface area contributed by atoms with Crippen molar-refractivity contribution < 1.29 is 0 Å². The molecule has 0 spiro atoms. The molecule has 2 saturated heterocycles. The lowest BCUT2D eigenvalue weighted by molar-refractivity contribution is 0.463. The van der Waals surface area contributed by atoms with Crippen molar-refractivity contribution >= 4 is 5.82 Å². The molecule has 0 amide bonds. The van der Waals surface area contributed by atoms with Crippen LogP contribution in [0.1, 0.15) is 18.4 Å². The van der Waals surface area contributed by atoms with Crippen LogP contribution in [0.15, 0.2) is 18.3 Å². The Bertz CT molecular complexity index is 408. The molecule has 0 aliphatic carbocycles. The number of aromatic nitrogens is 1. The van der Waals surface area contributed by atoms with Gasteiger partial charge < -0.3 is 10.2 Å². The third-order valence-electron chi connectivity index (χ3n) is 3.42. The number of piperazine rings is 1. The summed E-state index contributed by atoms with van der Waals surface area (Å²) in [6.07, 6.45) is 4.20. The highest BCUT2D eigenvalue weighted by Crippen LogP contribution is 2.23. The maximum Gasteiger partial charge on any atom is 0.128 e. The van der Waals surface area contributed by atoms with Gasteiger partial charge in [0.15, 0.2) is 0 Å². The first-order chi connectivity index (χ1) is 7.85. The second-order valence-corrected chi connectivity index (χ2v) is 4.56. The molecule has 3 heterocycles. The normalized spacial score (nSPS) is 27.8. The number of nitrogens with zero attached hydrogens (tertiary/aromatic N) is 3. The second-order valence-electron chi connectivity index (χ2n) is 4.56. The summed E-state index contributed by atoms with van der Waals surface area (Å²) >= 11 is 0. The Kier molecular flexibility index (Phi) is 2.26. The van der Waals surface area contributed by atoms with Crippen LogP contribution < -0.4 is 10.2 Å². The van der Waals surface area contributed by atoms with Gasteiger partial charge in [0, 0.05) is 31.4 Å². The SMILES string of the molecule is N#Cc1ccc(N2CC3CCC(C2)N3)nc1. The van der Waals surface area contributed by atoms with Crippen LogP contribution in [0.2, 0.25) is 0 Å². The number of nitrogens with one attached hydrogen (secondary N) is 1. The van der Waals surface area contributed by atoms with E-state index in [0.29, 0.717) is 17.6 Å². The van der Waals surface area contributed by atoms with E-state index in [9.17, 15) is 0 Å². The van der Waals surface area contributed by atoms with Crippen LogP contribution in [0.5, 0.6) is 0 Å². The van der Waals surface area contributed by atoms with E-state index in [1.807, 2.05) is 12.1 Å². The van der Waals surface area contributed by atoms with E-state index in [1.165, 1.54) is 12.8 Å². The molecule has 1 aromatic rings. The number of nitriles is 1. The highest BCUT2D eigenvalue weighted by atomic mass is 15.3. The fraction of sp³-hybridized carbons (Fsp3) is 0.500. The molecule has 2 aliphatic heterocycles. The Hall–Kier alpha value is -1.60. The van der Waals surface area contributed by atoms with E-state index in [4.69, 9.17) is 5.26 Å². The molecule has 2 aliphatic rings. The number of pyridine rings is 1. The third kappa shape index (κ3) is 1.63. The largest absolute Gasteiger partial charge is 0.353 e. The Morgan fingerprint density at radius 3 is 2.62 bits per heavy atom. The molecular formula is C12H14N4. The maximum atomic E-state index is 8.72. The fourth-order valence-electron chi connectivity index (χ4n) is 2.62. The molecule has 4 heteroatoms. The molecular weight excluding hydrogens is 200 g/mol. The van der Waals surface area contributed by atoms with Gasteiger partial charge in [-0.1, -0.05) is 0 Å². The first kappa shape index (κ1) is 9.61. The molecule has 1 N–H and O–H groups in total. The smallest absolute Gasteiger partial charge is 0.128 e. The predicted octanol–water partition coefficient (Wildman–Crippen LogP) is 0.894. The highest BCUT2D eigenvalue weighted by Gasteiger charge is 2.32. The van der Waals surface area contributed by atoms with Crippen LogP contribution in [-0.2, 0) is 0 Å². The van der Waals surface area contributed by atoms with Gasteiger partial charge in [-0.25, -0.2) is 4.98 Å². The first-order valence-electron chi connectivity index (χ1n) is 5.72. The van der Waals surface area contributed by atoms with E-state index in [0.717, 1.165) is 18.9 Å². The minimum atomic E-state index is 0.621. The monoisotopic (exact) mass is 214 g/mol. The van der Waals surface area contributed by atoms with Crippen LogP contribution in [0.25, 0.3) is 0 Å². The number of fused-ring (bicyclic) bond motifs is 2. The molecule has 2 unspecified atom stereocenters. The predicted molar refractivity (Wildman–Crippen MR) is 61.1 cm³/mol. The summed E-state index contributed by atoms with van der Waals surface area (Å²) in [6.45, 7) is 2.07. The van der Waals surface area contributed by atoms with Crippen molar-refractivity contribution in [2.24, 2.45) is 0 Å².